The maximum Gasteiger partial charge on any atom is 0.172 e. The summed E-state index contributed by atoms with van der Waals surface area (Å²) in [6.45, 7) is 2.72. The molecule has 0 bridgehead atoms. The van der Waals surface area contributed by atoms with E-state index in [2.05, 4.69) is 15.2 Å². The number of nitrogens with two attached hydrogens (primary N) is 1. The van der Waals surface area contributed by atoms with Gasteiger partial charge in [-0.1, -0.05) is 6.07 Å². The number of nitrogens with one attached hydrogen (secondary N) is 1. The van der Waals surface area contributed by atoms with Crippen LogP contribution in [0.4, 0.5) is 0 Å². The van der Waals surface area contributed by atoms with Crippen molar-refractivity contribution < 1.29 is 18.9 Å². The van der Waals surface area contributed by atoms with Crippen LogP contribution in [-0.4, -0.2) is 36.0 Å². The van der Waals surface area contributed by atoms with Crippen LogP contribution in [0.15, 0.2) is 42.5 Å². The predicted molar refractivity (Wildman–Crippen MR) is 104 cm³/mol. The van der Waals surface area contributed by atoms with Gasteiger partial charge >= 0.3 is 0 Å². The van der Waals surface area contributed by atoms with Crippen molar-refractivity contribution in [2.45, 2.75) is 19.6 Å². The standard InChI is InChI=1S/C20H24N4O4/c1-4-27-16-10-5-13(11-17(16)26-3)19(21)20-22-18(23-24-20)12-28-15-8-6-14(25-2)7-9-15/h5-11,19H,4,12,21H2,1-3H3,(H,22,23,24). The maximum absolute atomic E-state index is 6.32. The molecule has 1 atom stereocenters. The van der Waals surface area contributed by atoms with E-state index in [4.69, 9.17) is 24.7 Å². The highest BCUT2D eigenvalue weighted by Gasteiger charge is 2.17. The van der Waals surface area contributed by atoms with E-state index in [0.29, 0.717) is 35.5 Å². The minimum atomic E-state index is -0.504. The molecule has 2 aromatic carbocycles. The van der Waals surface area contributed by atoms with Crippen LogP contribution in [0.2, 0.25) is 0 Å². The second-order valence-electron chi connectivity index (χ2n) is 5.93. The first-order valence-electron chi connectivity index (χ1n) is 8.89. The molecule has 0 fully saturated rings. The lowest BCUT2D eigenvalue weighted by molar-refractivity contribution is 0.295. The summed E-state index contributed by atoms with van der Waals surface area (Å²) in [5.41, 5.74) is 7.14. The number of rotatable bonds is 9. The molecule has 3 N–H and O–H groups in total. The molecule has 1 aromatic heterocycles. The third kappa shape index (κ3) is 4.52. The average Bonchev–Trinajstić information content (AvgIpc) is 3.21. The lowest BCUT2D eigenvalue weighted by Gasteiger charge is -2.13. The lowest BCUT2D eigenvalue weighted by atomic mass is 10.1. The van der Waals surface area contributed by atoms with Crippen molar-refractivity contribution in [3.05, 3.63) is 59.7 Å². The van der Waals surface area contributed by atoms with E-state index in [1.54, 1.807) is 14.2 Å². The molecule has 28 heavy (non-hydrogen) atoms. The molecular formula is C20H24N4O4. The molecule has 0 spiro atoms. The molecule has 3 rings (SSSR count). The summed E-state index contributed by atoms with van der Waals surface area (Å²) >= 11 is 0. The molecule has 0 aliphatic heterocycles. The Labute approximate surface area is 163 Å². The van der Waals surface area contributed by atoms with Gasteiger partial charge in [-0.2, -0.15) is 5.10 Å². The van der Waals surface area contributed by atoms with E-state index in [1.807, 2.05) is 49.4 Å². The predicted octanol–water partition coefficient (Wildman–Crippen LogP) is 2.85. The summed E-state index contributed by atoms with van der Waals surface area (Å²) in [4.78, 5) is 4.44. The number of methoxy groups -OCH3 is 2. The second kappa shape index (κ2) is 9.09. The van der Waals surface area contributed by atoms with E-state index in [9.17, 15) is 0 Å². The van der Waals surface area contributed by atoms with Gasteiger partial charge in [0.1, 0.15) is 18.1 Å². The van der Waals surface area contributed by atoms with Crippen molar-refractivity contribution in [2.24, 2.45) is 5.73 Å². The number of H-pyrrole nitrogens is 1. The summed E-state index contributed by atoms with van der Waals surface area (Å²) in [5.74, 6) is 3.82. The number of hydrogen-bond acceptors (Lipinski definition) is 7. The zero-order chi connectivity index (χ0) is 19.9. The van der Waals surface area contributed by atoms with Crippen molar-refractivity contribution in [3.63, 3.8) is 0 Å². The number of nitrogens with zero attached hydrogens (tertiary/aromatic N) is 2. The molecule has 0 aliphatic carbocycles. The molecule has 0 saturated carbocycles. The number of aromatic amines is 1. The van der Waals surface area contributed by atoms with E-state index in [0.717, 1.165) is 11.3 Å². The molecule has 1 unspecified atom stereocenters. The minimum Gasteiger partial charge on any atom is -0.497 e. The number of ether oxygens (including phenoxy) is 4. The van der Waals surface area contributed by atoms with Gasteiger partial charge in [0.05, 0.1) is 26.9 Å². The summed E-state index contributed by atoms with van der Waals surface area (Å²) in [6.07, 6.45) is 0. The third-order valence-electron chi connectivity index (χ3n) is 4.11. The number of hydrogen-bond donors (Lipinski definition) is 2. The molecule has 1 heterocycles. The van der Waals surface area contributed by atoms with Gasteiger partial charge in [0.2, 0.25) is 0 Å². The molecular weight excluding hydrogens is 360 g/mol. The molecule has 8 heteroatoms. The summed E-state index contributed by atoms with van der Waals surface area (Å²) < 4.78 is 21.7. The Morgan fingerprint density at radius 3 is 2.39 bits per heavy atom. The quantitative estimate of drug-likeness (QED) is 0.584. The fourth-order valence-electron chi connectivity index (χ4n) is 2.64. The Morgan fingerprint density at radius 2 is 1.71 bits per heavy atom. The summed E-state index contributed by atoms with van der Waals surface area (Å²) in [7, 11) is 3.21. The van der Waals surface area contributed by atoms with E-state index < -0.39 is 6.04 Å². The lowest BCUT2D eigenvalue weighted by Crippen LogP contribution is -2.14. The largest absolute Gasteiger partial charge is 0.497 e. The van der Waals surface area contributed by atoms with Crippen LogP contribution >= 0.6 is 0 Å². The Bertz CT molecular complexity index is 895. The Balaban J connectivity index is 1.67. The van der Waals surface area contributed by atoms with Gasteiger partial charge < -0.3 is 24.7 Å². The highest BCUT2D eigenvalue weighted by atomic mass is 16.5. The Hall–Kier alpha value is -3.26. The van der Waals surface area contributed by atoms with Gasteiger partial charge in [0.25, 0.3) is 0 Å². The Morgan fingerprint density at radius 1 is 0.964 bits per heavy atom. The molecule has 0 aliphatic rings. The van der Waals surface area contributed by atoms with E-state index >= 15 is 0 Å². The fraction of sp³-hybridized carbons (Fsp3) is 0.300. The summed E-state index contributed by atoms with van der Waals surface area (Å²) in [5, 5.41) is 7.08. The normalized spacial score (nSPS) is 11.7. The van der Waals surface area contributed by atoms with Gasteiger partial charge in [-0.15, -0.1) is 0 Å². The van der Waals surface area contributed by atoms with Gasteiger partial charge in [-0.3, -0.25) is 5.10 Å². The highest BCUT2D eigenvalue weighted by Crippen LogP contribution is 2.31. The van der Waals surface area contributed by atoms with Crippen LogP contribution in [0.3, 0.4) is 0 Å². The van der Waals surface area contributed by atoms with Crippen LogP contribution in [0, 0.1) is 0 Å². The number of aromatic nitrogens is 3. The number of benzene rings is 2. The van der Waals surface area contributed by atoms with Crippen molar-refractivity contribution >= 4 is 0 Å². The van der Waals surface area contributed by atoms with Crippen LogP contribution in [0.5, 0.6) is 23.0 Å². The van der Waals surface area contributed by atoms with E-state index in [-0.39, 0.29) is 6.61 Å². The molecule has 0 saturated heterocycles. The highest BCUT2D eigenvalue weighted by molar-refractivity contribution is 5.44. The van der Waals surface area contributed by atoms with Crippen molar-refractivity contribution in [1.82, 2.24) is 15.2 Å². The first-order chi connectivity index (χ1) is 13.6. The first-order valence-corrected chi connectivity index (χ1v) is 8.89. The average molecular weight is 384 g/mol. The summed E-state index contributed by atoms with van der Waals surface area (Å²) in [6, 6.07) is 12.4. The van der Waals surface area contributed by atoms with Crippen molar-refractivity contribution in [2.75, 3.05) is 20.8 Å². The van der Waals surface area contributed by atoms with Crippen molar-refractivity contribution in [1.29, 1.82) is 0 Å². The molecule has 148 valence electrons. The van der Waals surface area contributed by atoms with Crippen LogP contribution in [0.25, 0.3) is 0 Å². The van der Waals surface area contributed by atoms with Gasteiger partial charge in [0, 0.05) is 0 Å². The molecule has 8 nitrogen and oxygen atoms in total. The minimum absolute atomic E-state index is 0.249. The molecule has 0 amide bonds. The third-order valence-corrected chi connectivity index (χ3v) is 4.11. The first kappa shape index (κ1) is 19.5. The Kier molecular flexibility index (Phi) is 6.33. The van der Waals surface area contributed by atoms with Gasteiger partial charge in [-0.05, 0) is 48.9 Å². The zero-order valence-corrected chi connectivity index (χ0v) is 16.1. The van der Waals surface area contributed by atoms with Crippen LogP contribution < -0.4 is 24.7 Å². The maximum atomic E-state index is 6.32. The van der Waals surface area contributed by atoms with Gasteiger partial charge in [0.15, 0.2) is 23.1 Å². The van der Waals surface area contributed by atoms with Crippen LogP contribution in [0.1, 0.15) is 30.2 Å². The smallest absolute Gasteiger partial charge is 0.172 e. The topological polar surface area (TPSA) is 105 Å². The molecule has 3 aromatic rings. The SMILES string of the molecule is CCOc1ccc(C(N)c2n[nH]c(COc3ccc(OC)cc3)n2)cc1OC. The van der Waals surface area contributed by atoms with E-state index in [1.165, 1.54) is 0 Å². The van der Waals surface area contributed by atoms with Crippen molar-refractivity contribution in [3.8, 4) is 23.0 Å². The monoisotopic (exact) mass is 384 g/mol. The fourth-order valence-corrected chi connectivity index (χ4v) is 2.64. The van der Waals surface area contributed by atoms with Crippen LogP contribution in [-0.2, 0) is 6.61 Å². The second-order valence-corrected chi connectivity index (χ2v) is 5.93. The zero-order valence-electron chi connectivity index (χ0n) is 16.1. The van der Waals surface area contributed by atoms with Gasteiger partial charge in [-0.25, -0.2) is 4.98 Å². The molecule has 0 radical (unpaired) electrons.